The minimum absolute atomic E-state index is 0.158. The fourth-order valence-corrected chi connectivity index (χ4v) is 2.62. The van der Waals surface area contributed by atoms with Crippen molar-refractivity contribution in [2.24, 2.45) is 7.05 Å². The summed E-state index contributed by atoms with van der Waals surface area (Å²) in [5.74, 6) is -0.167. The van der Waals surface area contributed by atoms with Crippen molar-refractivity contribution in [3.63, 3.8) is 0 Å². The number of nitrogens with zero attached hydrogens (tertiary/aromatic N) is 2. The van der Waals surface area contributed by atoms with E-state index in [1.54, 1.807) is 6.08 Å². The number of carbonyl (C=O) groups excluding carboxylic acids is 2. The maximum Gasteiger partial charge on any atom is 0.293 e. The molecule has 0 radical (unpaired) electrons. The fraction of sp³-hybridized carbons (Fsp3) is 0.385. The molecule has 0 saturated carbocycles. The second kappa shape index (κ2) is 5.44. The van der Waals surface area contributed by atoms with E-state index in [9.17, 15) is 9.59 Å². The molecule has 0 unspecified atom stereocenters. The smallest absolute Gasteiger partial charge is 0.293 e. The Kier molecular flexibility index (Phi) is 3.91. The van der Waals surface area contributed by atoms with Gasteiger partial charge in [0.2, 0.25) is 0 Å². The molecule has 1 saturated heterocycles. The summed E-state index contributed by atoms with van der Waals surface area (Å²) in [6, 6.07) is 3.83. The number of aryl methyl sites for hydroxylation is 1. The molecule has 1 fully saturated rings. The Morgan fingerprint density at radius 2 is 2.17 bits per heavy atom. The van der Waals surface area contributed by atoms with E-state index < -0.39 is 0 Å². The lowest BCUT2D eigenvalue weighted by atomic mass is 10.3. The molecule has 1 aromatic rings. The lowest BCUT2D eigenvalue weighted by Crippen LogP contribution is -2.29. The van der Waals surface area contributed by atoms with Crippen molar-refractivity contribution in [1.82, 2.24) is 9.47 Å². The molecule has 96 valence electrons. The Morgan fingerprint density at radius 3 is 2.78 bits per heavy atom. The van der Waals surface area contributed by atoms with Gasteiger partial charge in [-0.15, -0.1) is 0 Å². The van der Waals surface area contributed by atoms with Gasteiger partial charge in [-0.25, -0.2) is 0 Å². The normalized spacial score (nSPS) is 18.1. The third-order valence-corrected chi connectivity index (χ3v) is 3.78. The number of imide groups is 1. The number of carbonyl (C=O) groups is 2. The van der Waals surface area contributed by atoms with Gasteiger partial charge in [-0.3, -0.25) is 14.5 Å². The summed E-state index contributed by atoms with van der Waals surface area (Å²) in [6.07, 6.45) is 5.51. The van der Waals surface area contributed by atoms with Crippen LogP contribution in [0.15, 0.2) is 23.2 Å². The van der Waals surface area contributed by atoms with E-state index in [4.69, 9.17) is 0 Å². The zero-order valence-electron chi connectivity index (χ0n) is 10.5. The first-order valence-corrected chi connectivity index (χ1v) is 6.82. The zero-order chi connectivity index (χ0) is 13.1. The molecule has 0 N–H and O–H groups in total. The van der Waals surface area contributed by atoms with Crippen LogP contribution in [-0.2, 0) is 11.8 Å². The van der Waals surface area contributed by atoms with Gasteiger partial charge in [0.1, 0.15) is 0 Å². The average Bonchev–Trinajstić information content (AvgIpc) is 2.84. The van der Waals surface area contributed by atoms with Crippen molar-refractivity contribution in [3.8, 4) is 0 Å². The number of amides is 2. The second-order valence-corrected chi connectivity index (χ2v) is 5.22. The minimum atomic E-state index is -0.167. The summed E-state index contributed by atoms with van der Waals surface area (Å²) >= 11 is 1.02. The zero-order valence-corrected chi connectivity index (χ0v) is 11.4. The second-order valence-electron chi connectivity index (χ2n) is 4.23. The van der Waals surface area contributed by atoms with Crippen molar-refractivity contribution in [3.05, 3.63) is 28.9 Å². The van der Waals surface area contributed by atoms with Gasteiger partial charge in [0.25, 0.3) is 11.1 Å². The molecule has 2 rings (SSSR count). The SMILES string of the molecule is CCCCN1C(=O)S/C(=C/c2cccn2C)C1=O. The third-order valence-electron chi connectivity index (χ3n) is 2.87. The van der Waals surface area contributed by atoms with Gasteiger partial charge >= 0.3 is 0 Å². The van der Waals surface area contributed by atoms with Crippen LogP contribution in [0.1, 0.15) is 25.5 Å². The summed E-state index contributed by atoms with van der Waals surface area (Å²) in [5.41, 5.74) is 0.927. The topological polar surface area (TPSA) is 42.3 Å². The van der Waals surface area contributed by atoms with Crippen molar-refractivity contribution >= 4 is 29.0 Å². The van der Waals surface area contributed by atoms with Gasteiger partial charge in [-0.2, -0.15) is 0 Å². The van der Waals surface area contributed by atoms with E-state index >= 15 is 0 Å². The van der Waals surface area contributed by atoms with Gasteiger partial charge in [0.15, 0.2) is 0 Å². The van der Waals surface area contributed by atoms with E-state index in [0.29, 0.717) is 11.4 Å². The van der Waals surface area contributed by atoms with Crippen molar-refractivity contribution in [2.45, 2.75) is 19.8 Å². The molecule has 2 heterocycles. The number of hydrogen-bond donors (Lipinski definition) is 0. The Labute approximate surface area is 111 Å². The molecule has 1 aliphatic heterocycles. The number of thioether (sulfide) groups is 1. The number of rotatable bonds is 4. The molecule has 4 nitrogen and oxygen atoms in total. The Hall–Kier alpha value is -1.49. The first-order valence-electron chi connectivity index (χ1n) is 6.00. The van der Waals surface area contributed by atoms with Gasteiger partial charge in [0.05, 0.1) is 4.91 Å². The van der Waals surface area contributed by atoms with Crippen LogP contribution in [0.3, 0.4) is 0 Å². The third kappa shape index (κ3) is 2.51. The van der Waals surface area contributed by atoms with Crippen LogP contribution < -0.4 is 0 Å². The van der Waals surface area contributed by atoms with E-state index in [-0.39, 0.29) is 11.1 Å². The van der Waals surface area contributed by atoms with Crippen molar-refractivity contribution in [1.29, 1.82) is 0 Å². The summed E-state index contributed by atoms with van der Waals surface area (Å²) in [4.78, 5) is 25.6. The standard InChI is InChI=1S/C13H16N2O2S/c1-3-4-8-15-12(16)11(18-13(15)17)9-10-6-5-7-14(10)2/h5-7,9H,3-4,8H2,1-2H3/b11-9+. The lowest BCUT2D eigenvalue weighted by Gasteiger charge is -2.10. The molecule has 0 aliphatic carbocycles. The van der Waals surface area contributed by atoms with Gasteiger partial charge < -0.3 is 4.57 Å². The van der Waals surface area contributed by atoms with E-state index in [1.807, 2.05) is 36.9 Å². The number of hydrogen-bond acceptors (Lipinski definition) is 3. The molecule has 0 atom stereocenters. The maximum atomic E-state index is 12.1. The monoisotopic (exact) mass is 264 g/mol. The molecule has 2 amide bonds. The number of aromatic nitrogens is 1. The van der Waals surface area contributed by atoms with Crippen molar-refractivity contribution < 1.29 is 9.59 Å². The summed E-state index contributed by atoms with van der Waals surface area (Å²) in [6.45, 7) is 2.56. The highest BCUT2D eigenvalue weighted by molar-refractivity contribution is 8.18. The molecule has 1 aliphatic rings. The Balaban J connectivity index is 2.17. The predicted molar refractivity (Wildman–Crippen MR) is 73.0 cm³/mol. The van der Waals surface area contributed by atoms with Gasteiger partial charge in [-0.1, -0.05) is 13.3 Å². The van der Waals surface area contributed by atoms with Crippen LogP contribution >= 0.6 is 11.8 Å². The van der Waals surface area contributed by atoms with Crippen LogP contribution in [0.25, 0.3) is 6.08 Å². The van der Waals surface area contributed by atoms with Gasteiger partial charge in [-0.05, 0) is 36.4 Å². The number of unbranched alkanes of at least 4 members (excludes halogenated alkanes) is 1. The van der Waals surface area contributed by atoms with Crippen LogP contribution in [0.4, 0.5) is 4.79 Å². The highest BCUT2D eigenvalue weighted by atomic mass is 32.2. The first kappa shape index (κ1) is 13.0. The fourth-order valence-electron chi connectivity index (χ4n) is 1.77. The minimum Gasteiger partial charge on any atom is -0.351 e. The van der Waals surface area contributed by atoms with Crippen LogP contribution in [0, 0.1) is 0 Å². The van der Waals surface area contributed by atoms with E-state index in [0.717, 1.165) is 30.3 Å². The molecule has 1 aromatic heterocycles. The molecule has 0 bridgehead atoms. The average molecular weight is 264 g/mol. The maximum absolute atomic E-state index is 12.1. The molecule has 5 heteroatoms. The quantitative estimate of drug-likeness (QED) is 0.785. The molecule has 18 heavy (non-hydrogen) atoms. The Bertz CT molecular complexity index is 505. The van der Waals surface area contributed by atoms with Gasteiger partial charge in [0, 0.05) is 25.5 Å². The summed E-state index contributed by atoms with van der Waals surface area (Å²) in [5, 5.41) is -0.158. The summed E-state index contributed by atoms with van der Waals surface area (Å²) in [7, 11) is 1.91. The molecular weight excluding hydrogens is 248 g/mol. The Morgan fingerprint density at radius 1 is 1.39 bits per heavy atom. The predicted octanol–water partition coefficient (Wildman–Crippen LogP) is 2.86. The lowest BCUT2D eigenvalue weighted by molar-refractivity contribution is -0.122. The van der Waals surface area contributed by atoms with E-state index in [2.05, 4.69) is 0 Å². The molecule has 0 aromatic carbocycles. The van der Waals surface area contributed by atoms with Crippen molar-refractivity contribution in [2.75, 3.05) is 6.54 Å². The summed E-state index contributed by atoms with van der Waals surface area (Å²) < 4.78 is 1.92. The largest absolute Gasteiger partial charge is 0.351 e. The first-order chi connectivity index (χ1) is 8.63. The van der Waals surface area contributed by atoms with E-state index in [1.165, 1.54) is 4.90 Å². The molecular formula is C13H16N2O2S. The highest BCUT2D eigenvalue weighted by Crippen LogP contribution is 2.32. The van der Waals surface area contributed by atoms with Crippen LogP contribution in [0.2, 0.25) is 0 Å². The molecule has 0 spiro atoms. The van der Waals surface area contributed by atoms with Crippen LogP contribution in [-0.4, -0.2) is 27.2 Å². The van der Waals surface area contributed by atoms with Crippen LogP contribution in [0.5, 0.6) is 0 Å². The highest BCUT2D eigenvalue weighted by Gasteiger charge is 2.34.